The monoisotopic (exact) mass is 383 g/mol. The van der Waals surface area contributed by atoms with Gasteiger partial charge >= 0.3 is 0 Å². The summed E-state index contributed by atoms with van der Waals surface area (Å²) in [5.74, 6) is 2.48. The average Bonchev–Trinajstić information content (AvgIpc) is 3.27. The van der Waals surface area contributed by atoms with Gasteiger partial charge in [0, 0.05) is 45.5 Å². The lowest BCUT2D eigenvalue weighted by Crippen LogP contribution is -2.39. The first kappa shape index (κ1) is 19.9. The summed E-state index contributed by atoms with van der Waals surface area (Å²) >= 11 is 0. The number of ether oxygens (including phenoxy) is 1. The maximum absolute atomic E-state index is 5.12. The summed E-state index contributed by atoms with van der Waals surface area (Å²) < 4.78 is 9.36. The van der Waals surface area contributed by atoms with E-state index in [2.05, 4.69) is 66.9 Å². The van der Waals surface area contributed by atoms with Crippen LogP contribution in [0.25, 0.3) is 10.9 Å². The van der Waals surface area contributed by atoms with Crippen LogP contribution in [0.3, 0.4) is 0 Å². The van der Waals surface area contributed by atoms with E-state index in [1.807, 2.05) is 18.5 Å². The van der Waals surface area contributed by atoms with Gasteiger partial charge in [-0.3, -0.25) is 0 Å². The highest BCUT2D eigenvalue weighted by molar-refractivity contribution is 5.80. The molecule has 28 heavy (non-hydrogen) atoms. The Kier molecular flexibility index (Phi) is 7.02. The fourth-order valence-corrected chi connectivity index (χ4v) is 2.98. The van der Waals surface area contributed by atoms with Crippen LogP contribution in [-0.2, 0) is 24.9 Å². The zero-order valence-corrected chi connectivity index (χ0v) is 16.9. The van der Waals surface area contributed by atoms with Crippen LogP contribution in [0.5, 0.6) is 0 Å². The fourth-order valence-electron chi connectivity index (χ4n) is 2.98. The Morgan fingerprint density at radius 3 is 2.75 bits per heavy atom. The van der Waals surface area contributed by atoms with Crippen molar-refractivity contribution in [2.75, 3.05) is 26.8 Å². The highest BCUT2D eigenvalue weighted by Gasteiger charge is 2.05. The van der Waals surface area contributed by atoms with E-state index in [4.69, 9.17) is 4.74 Å². The number of aromatic nitrogens is 4. The molecule has 3 rings (SSSR count). The van der Waals surface area contributed by atoms with Crippen molar-refractivity contribution in [3.63, 3.8) is 0 Å². The molecule has 0 saturated heterocycles. The van der Waals surface area contributed by atoms with Crippen molar-refractivity contribution >= 4 is 16.9 Å². The Morgan fingerprint density at radius 2 is 1.96 bits per heavy atom. The highest BCUT2D eigenvalue weighted by Crippen LogP contribution is 2.15. The lowest BCUT2D eigenvalue weighted by molar-refractivity contribution is 0.203. The number of fused-ring (bicyclic) bond motifs is 1. The van der Waals surface area contributed by atoms with Crippen molar-refractivity contribution in [2.24, 2.45) is 12.0 Å². The van der Waals surface area contributed by atoms with Gasteiger partial charge in [-0.1, -0.05) is 18.2 Å². The number of methoxy groups -OCH3 is 1. The molecule has 3 aromatic rings. The standard InChI is InChI=1S/C20H29N7O/c1-16-24-25-19(26(16)2)15-23-20(22-11-14-28-3)21-10-6-12-27-13-9-17-7-4-5-8-18(17)27/h4-5,7-9,13H,6,10-12,14-15H2,1-3H3,(H2,21,22,23). The summed E-state index contributed by atoms with van der Waals surface area (Å²) in [5.41, 5.74) is 1.27. The molecule has 150 valence electrons. The molecule has 0 fully saturated rings. The minimum atomic E-state index is 0.474. The van der Waals surface area contributed by atoms with Crippen LogP contribution >= 0.6 is 0 Å². The number of aryl methyl sites for hydroxylation is 2. The molecule has 8 nitrogen and oxygen atoms in total. The third kappa shape index (κ3) is 5.10. The number of nitrogens with zero attached hydrogens (tertiary/aromatic N) is 5. The minimum absolute atomic E-state index is 0.474. The number of nitrogens with one attached hydrogen (secondary N) is 2. The molecule has 0 spiro atoms. The highest BCUT2D eigenvalue weighted by atomic mass is 16.5. The van der Waals surface area contributed by atoms with Crippen molar-refractivity contribution in [3.05, 3.63) is 48.2 Å². The van der Waals surface area contributed by atoms with Gasteiger partial charge in [0.05, 0.1) is 6.61 Å². The summed E-state index contributed by atoms with van der Waals surface area (Å²) in [5, 5.41) is 16.2. The van der Waals surface area contributed by atoms with Crippen LogP contribution in [0.1, 0.15) is 18.1 Å². The van der Waals surface area contributed by atoms with Gasteiger partial charge in [0.2, 0.25) is 0 Å². The summed E-state index contributed by atoms with van der Waals surface area (Å²) in [6.07, 6.45) is 3.14. The van der Waals surface area contributed by atoms with Crippen LogP contribution in [0.15, 0.2) is 41.5 Å². The molecule has 1 aromatic carbocycles. The molecule has 0 unspecified atom stereocenters. The normalized spacial score (nSPS) is 11.9. The van der Waals surface area contributed by atoms with Gasteiger partial charge in [-0.2, -0.15) is 0 Å². The van der Waals surface area contributed by atoms with E-state index in [9.17, 15) is 0 Å². The van der Waals surface area contributed by atoms with Crippen LogP contribution < -0.4 is 10.6 Å². The molecular formula is C20H29N7O. The lowest BCUT2D eigenvalue weighted by Gasteiger charge is -2.13. The van der Waals surface area contributed by atoms with Crippen molar-refractivity contribution in [1.29, 1.82) is 0 Å². The number of para-hydroxylation sites is 1. The van der Waals surface area contributed by atoms with E-state index >= 15 is 0 Å². The second-order valence-electron chi connectivity index (χ2n) is 6.66. The first-order valence-electron chi connectivity index (χ1n) is 9.59. The SMILES string of the molecule is COCCNC(=NCc1nnc(C)n1C)NCCCn1ccc2ccccc21. The molecule has 0 bridgehead atoms. The number of hydrogen-bond acceptors (Lipinski definition) is 4. The second kappa shape index (κ2) is 9.89. The van der Waals surface area contributed by atoms with Crippen molar-refractivity contribution in [2.45, 2.75) is 26.4 Å². The topological polar surface area (TPSA) is 81.3 Å². The molecule has 2 heterocycles. The van der Waals surface area contributed by atoms with E-state index in [-0.39, 0.29) is 0 Å². The molecule has 0 radical (unpaired) electrons. The lowest BCUT2D eigenvalue weighted by atomic mass is 10.2. The molecular weight excluding hydrogens is 354 g/mol. The van der Waals surface area contributed by atoms with Gasteiger partial charge in [-0.15, -0.1) is 10.2 Å². The summed E-state index contributed by atoms with van der Waals surface area (Å²) in [4.78, 5) is 4.63. The third-order valence-electron chi connectivity index (χ3n) is 4.71. The van der Waals surface area contributed by atoms with Crippen LogP contribution in [0, 0.1) is 6.92 Å². The molecule has 8 heteroatoms. The zero-order valence-electron chi connectivity index (χ0n) is 16.9. The Hall–Kier alpha value is -2.87. The maximum atomic E-state index is 5.12. The van der Waals surface area contributed by atoms with Crippen molar-refractivity contribution in [3.8, 4) is 0 Å². The number of aliphatic imine (C=N–C) groups is 1. The predicted molar refractivity (Wildman–Crippen MR) is 111 cm³/mol. The first-order chi connectivity index (χ1) is 13.7. The Balaban J connectivity index is 1.53. The molecule has 0 saturated carbocycles. The van der Waals surface area contributed by atoms with Crippen molar-refractivity contribution < 1.29 is 4.74 Å². The minimum Gasteiger partial charge on any atom is -0.383 e. The van der Waals surface area contributed by atoms with Crippen LogP contribution in [0.4, 0.5) is 0 Å². The van der Waals surface area contributed by atoms with Crippen molar-refractivity contribution in [1.82, 2.24) is 30.0 Å². The van der Waals surface area contributed by atoms with E-state index in [1.165, 1.54) is 10.9 Å². The van der Waals surface area contributed by atoms with E-state index < -0.39 is 0 Å². The number of hydrogen-bond donors (Lipinski definition) is 2. The maximum Gasteiger partial charge on any atom is 0.191 e. The number of rotatable bonds is 9. The van der Waals surface area contributed by atoms with E-state index in [1.54, 1.807) is 7.11 Å². The first-order valence-corrected chi connectivity index (χ1v) is 9.59. The molecule has 0 amide bonds. The van der Waals surface area contributed by atoms with Crippen LogP contribution in [-0.4, -0.2) is 52.1 Å². The number of guanidine groups is 1. The zero-order chi connectivity index (χ0) is 19.8. The molecule has 2 aromatic heterocycles. The number of benzene rings is 1. The average molecular weight is 384 g/mol. The van der Waals surface area contributed by atoms with Gasteiger partial charge < -0.3 is 24.5 Å². The molecule has 0 atom stereocenters. The molecule has 2 N–H and O–H groups in total. The summed E-state index contributed by atoms with van der Waals surface area (Å²) in [7, 11) is 3.64. The Morgan fingerprint density at radius 1 is 1.14 bits per heavy atom. The Bertz CT molecular complexity index is 912. The summed E-state index contributed by atoms with van der Waals surface area (Å²) in [6.45, 7) is 5.50. The van der Waals surface area contributed by atoms with Gasteiger partial charge in [-0.25, -0.2) is 4.99 Å². The van der Waals surface area contributed by atoms with Crippen LogP contribution in [0.2, 0.25) is 0 Å². The molecule has 0 aliphatic carbocycles. The molecule has 0 aliphatic heterocycles. The van der Waals surface area contributed by atoms with E-state index in [0.29, 0.717) is 19.7 Å². The third-order valence-corrected chi connectivity index (χ3v) is 4.71. The predicted octanol–water partition coefficient (Wildman–Crippen LogP) is 1.85. The second-order valence-corrected chi connectivity index (χ2v) is 6.66. The largest absolute Gasteiger partial charge is 0.383 e. The van der Waals surface area contributed by atoms with E-state index in [0.717, 1.165) is 37.1 Å². The molecule has 0 aliphatic rings. The fraction of sp³-hybridized carbons (Fsp3) is 0.450. The van der Waals surface area contributed by atoms with Gasteiger partial charge in [-0.05, 0) is 30.9 Å². The quantitative estimate of drug-likeness (QED) is 0.335. The smallest absolute Gasteiger partial charge is 0.191 e. The van der Waals surface area contributed by atoms with Gasteiger partial charge in [0.25, 0.3) is 0 Å². The summed E-state index contributed by atoms with van der Waals surface area (Å²) in [6, 6.07) is 10.6. The van der Waals surface area contributed by atoms with Gasteiger partial charge in [0.1, 0.15) is 12.4 Å². The Labute approximate surface area is 165 Å². The van der Waals surface area contributed by atoms with Gasteiger partial charge in [0.15, 0.2) is 11.8 Å².